The third kappa shape index (κ3) is 8.86. The summed E-state index contributed by atoms with van der Waals surface area (Å²) in [6, 6.07) is 30.1. The minimum atomic E-state index is -0.472. The van der Waals surface area contributed by atoms with E-state index in [-0.39, 0.29) is 6.79 Å². The fraction of sp³-hybridized carbons (Fsp3) is 0.310. The molecule has 0 saturated carbocycles. The Morgan fingerprint density at radius 1 is 0.676 bits per heavy atom. The fourth-order valence-electron chi connectivity index (χ4n) is 3.51. The van der Waals surface area contributed by atoms with Crippen LogP contribution in [0.5, 0.6) is 0 Å². The van der Waals surface area contributed by atoms with Gasteiger partial charge in [0.15, 0.2) is 0 Å². The molecule has 0 aliphatic rings. The van der Waals surface area contributed by atoms with Crippen molar-refractivity contribution in [2.24, 2.45) is 0 Å². The lowest BCUT2D eigenvalue weighted by Crippen LogP contribution is -2.44. The lowest BCUT2D eigenvalue weighted by atomic mass is 10.1. The maximum absolute atomic E-state index is 6.33. The first-order chi connectivity index (χ1) is 16.8. The van der Waals surface area contributed by atoms with Crippen LogP contribution in [-0.2, 0) is 43.5 Å². The van der Waals surface area contributed by atoms with Crippen molar-refractivity contribution in [2.75, 3.05) is 20.5 Å². The van der Waals surface area contributed by atoms with Gasteiger partial charge in [-0.25, -0.2) is 0 Å². The number of rotatable bonds is 16. The highest BCUT2D eigenvalue weighted by atomic mass is 16.7. The Morgan fingerprint density at radius 2 is 1.18 bits per heavy atom. The van der Waals surface area contributed by atoms with Crippen LogP contribution in [0.15, 0.2) is 104 Å². The number of hydrogen-bond acceptors (Lipinski definition) is 5. The molecule has 0 heterocycles. The zero-order valence-electron chi connectivity index (χ0n) is 19.8. The lowest BCUT2D eigenvalue weighted by Gasteiger charge is -2.32. The van der Waals surface area contributed by atoms with E-state index in [1.165, 1.54) is 0 Å². The molecule has 0 unspecified atom stereocenters. The Hall–Kier alpha value is -2.80. The van der Waals surface area contributed by atoms with E-state index in [0.717, 1.165) is 16.7 Å². The van der Waals surface area contributed by atoms with E-state index in [1.54, 1.807) is 13.2 Å². The maximum atomic E-state index is 6.33. The standard InChI is InChI=1S/C29H34O5/c1-3-27(32-20-25-15-9-5-10-16-25)29(34-23-30-2)28(33-21-26-17-11-6-12-18-26)22-31-19-24-13-7-4-8-14-24/h3-18,27-29H,1,19-23H2,2H3/t27-,28-,29-/m1/s1/i1+1. The molecular formula is C29H34O5. The van der Waals surface area contributed by atoms with Gasteiger partial charge in [-0.2, -0.15) is 0 Å². The predicted octanol–water partition coefficient (Wildman–Crippen LogP) is 5.55. The number of benzene rings is 3. The molecule has 3 rings (SSSR count). The summed E-state index contributed by atoms with van der Waals surface area (Å²) in [6.45, 7) is 5.76. The molecule has 0 bridgehead atoms. The van der Waals surface area contributed by atoms with E-state index < -0.39 is 18.3 Å². The normalized spacial score (nSPS) is 13.8. The summed E-state index contributed by atoms with van der Waals surface area (Å²) in [5, 5.41) is 0. The van der Waals surface area contributed by atoms with Gasteiger partial charge in [0.05, 0.1) is 26.4 Å². The minimum Gasteiger partial charge on any atom is -0.374 e. The third-order valence-electron chi connectivity index (χ3n) is 5.29. The van der Waals surface area contributed by atoms with Crippen LogP contribution in [0.4, 0.5) is 0 Å². The van der Waals surface area contributed by atoms with Crippen LogP contribution in [0.25, 0.3) is 0 Å². The van der Waals surface area contributed by atoms with Gasteiger partial charge in [-0.15, -0.1) is 6.58 Å². The average molecular weight is 464 g/mol. The van der Waals surface area contributed by atoms with Crippen LogP contribution in [0.3, 0.4) is 0 Å². The van der Waals surface area contributed by atoms with Crippen LogP contribution in [0.2, 0.25) is 0 Å². The Morgan fingerprint density at radius 3 is 1.68 bits per heavy atom. The van der Waals surface area contributed by atoms with Crippen LogP contribution in [-0.4, -0.2) is 38.8 Å². The predicted molar refractivity (Wildman–Crippen MR) is 133 cm³/mol. The molecule has 0 saturated heterocycles. The summed E-state index contributed by atoms with van der Waals surface area (Å²) in [4.78, 5) is 0. The van der Waals surface area contributed by atoms with Crippen molar-refractivity contribution in [3.05, 3.63) is 120 Å². The van der Waals surface area contributed by atoms with Gasteiger partial charge < -0.3 is 23.7 Å². The van der Waals surface area contributed by atoms with Crippen molar-refractivity contribution in [2.45, 2.75) is 38.1 Å². The molecule has 0 aromatic heterocycles. The van der Waals surface area contributed by atoms with E-state index in [4.69, 9.17) is 23.7 Å². The van der Waals surface area contributed by atoms with Crippen LogP contribution >= 0.6 is 0 Å². The molecule has 0 spiro atoms. The zero-order valence-corrected chi connectivity index (χ0v) is 19.8. The first-order valence-corrected chi connectivity index (χ1v) is 11.5. The summed E-state index contributed by atoms with van der Waals surface area (Å²) in [5.41, 5.74) is 3.24. The largest absolute Gasteiger partial charge is 0.374 e. The van der Waals surface area contributed by atoms with Gasteiger partial charge in [-0.3, -0.25) is 0 Å². The zero-order chi connectivity index (χ0) is 23.8. The molecule has 3 atom stereocenters. The van der Waals surface area contributed by atoms with Gasteiger partial charge in [0.2, 0.25) is 0 Å². The molecule has 5 nitrogen and oxygen atoms in total. The van der Waals surface area contributed by atoms with E-state index in [1.807, 2.05) is 91.0 Å². The molecule has 3 aromatic rings. The highest BCUT2D eigenvalue weighted by molar-refractivity contribution is 5.15. The molecule has 0 radical (unpaired) electrons. The minimum absolute atomic E-state index is 0.105. The highest BCUT2D eigenvalue weighted by Crippen LogP contribution is 2.19. The first kappa shape index (κ1) is 25.8. The van der Waals surface area contributed by atoms with Crippen molar-refractivity contribution < 1.29 is 23.7 Å². The summed E-state index contributed by atoms with van der Waals surface area (Å²) in [5.74, 6) is 0. The molecule has 0 fully saturated rings. The maximum Gasteiger partial charge on any atom is 0.146 e. The van der Waals surface area contributed by atoms with Crippen LogP contribution in [0.1, 0.15) is 16.7 Å². The smallest absolute Gasteiger partial charge is 0.146 e. The highest BCUT2D eigenvalue weighted by Gasteiger charge is 2.31. The molecule has 180 valence electrons. The average Bonchev–Trinajstić information content (AvgIpc) is 2.90. The van der Waals surface area contributed by atoms with E-state index in [0.29, 0.717) is 26.4 Å². The molecule has 34 heavy (non-hydrogen) atoms. The fourth-order valence-corrected chi connectivity index (χ4v) is 3.51. The van der Waals surface area contributed by atoms with Gasteiger partial charge in [-0.1, -0.05) is 97.1 Å². The first-order valence-electron chi connectivity index (χ1n) is 11.5. The molecule has 5 heteroatoms. The topological polar surface area (TPSA) is 46.2 Å². The monoisotopic (exact) mass is 463 g/mol. The SMILES string of the molecule is COCO[C@H]([C@@H](C=[13CH2])OCc1ccccc1)[C@@H](COCc1ccccc1)OCc1ccccc1. The van der Waals surface area contributed by atoms with Gasteiger partial charge in [-0.05, 0) is 16.7 Å². The van der Waals surface area contributed by atoms with E-state index in [9.17, 15) is 0 Å². The van der Waals surface area contributed by atoms with Crippen molar-refractivity contribution >= 4 is 0 Å². The number of hydrogen-bond donors (Lipinski definition) is 0. The lowest BCUT2D eigenvalue weighted by molar-refractivity contribution is -0.183. The Balaban J connectivity index is 1.71. The quantitative estimate of drug-likeness (QED) is 0.158. The third-order valence-corrected chi connectivity index (χ3v) is 5.29. The van der Waals surface area contributed by atoms with Crippen LogP contribution < -0.4 is 0 Å². The Bertz CT molecular complexity index is 917. The summed E-state index contributed by atoms with van der Waals surface area (Å²) < 4.78 is 29.9. The second kappa shape index (κ2) is 15.2. The molecular weight excluding hydrogens is 429 g/mol. The summed E-state index contributed by atoms with van der Waals surface area (Å²) in [6.07, 6.45) is 0.453. The van der Waals surface area contributed by atoms with Crippen molar-refractivity contribution in [1.29, 1.82) is 0 Å². The number of ether oxygens (including phenoxy) is 5. The van der Waals surface area contributed by atoms with Gasteiger partial charge >= 0.3 is 0 Å². The van der Waals surface area contributed by atoms with E-state index in [2.05, 4.69) is 6.58 Å². The van der Waals surface area contributed by atoms with Crippen molar-refractivity contribution in [1.82, 2.24) is 0 Å². The van der Waals surface area contributed by atoms with E-state index >= 15 is 0 Å². The Kier molecular flexibility index (Phi) is 11.5. The summed E-state index contributed by atoms with van der Waals surface area (Å²) in [7, 11) is 1.59. The van der Waals surface area contributed by atoms with Gasteiger partial charge in [0.1, 0.15) is 25.1 Å². The second-order valence-corrected chi connectivity index (χ2v) is 7.87. The number of methoxy groups -OCH3 is 1. The summed E-state index contributed by atoms with van der Waals surface area (Å²) >= 11 is 0. The van der Waals surface area contributed by atoms with Crippen LogP contribution in [0, 0.1) is 0 Å². The van der Waals surface area contributed by atoms with Crippen molar-refractivity contribution in [3.63, 3.8) is 0 Å². The molecule has 0 aliphatic carbocycles. The van der Waals surface area contributed by atoms with Crippen molar-refractivity contribution in [3.8, 4) is 0 Å². The molecule has 0 amide bonds. The molecule has 3 aromatic carbocycles. The van der Waals surface area contributed by atoms with Gasteiger partial charge in [0.25, 0.3) is 0 Å². The second-order valence-electron chi connectivity index (χ2n) is 7.87. The Labute approximate surface area is 202 Å². The molecule has 0 N–H and O–H groups in total. The van der Waals surface area contributed by atoms with Gasteiger partial charge in [0, 0.05) is 7.11 Å². The molecule has 0 aliphatic heterocycles.